The van der Waals surface area contributed by atoms with Crippen LogP contribution in [0, 0.1) is 0 Å². The zero-order valence-corrected chi connectivity index (χ0v) is 17.9. The SMILES string of the molecule is C=CCN(C(=S)Nc1ccc(OC)cc1)[C@@H]1CC(=O)N(c2ccc(CC)cc2)C1=O. The lowest BCUT2D eigenvalue weighted by atomic mass is 10.1. The molecule has 1 saturated heterocycles. The van der Waals surface area contributed by atoms with E-state index < -0.39 is 6.04 Å². The maximum Gasteiger partial charge on any atom is 0.257 e. The van der Waals surface area contributed by atoms with E-state index in [1.54, 1.807) is 18.1 Å². The van der Waals surface area contributed by atoms with Gasteiger partial charge in [0.15, 0.2) is 5.11 Å². The van der Waals surface area contributed by atoms with Crippen LogP contribution in [0.4, 0.5) is 11.4 Å². The van der Waals surface area contributed by atoms with Crippen LogP contribution in [0.3, 0.4) is 0 Å². The lowest BCUT2D eigenvalue weighted by Gasteiger charge is -2.29. The van der Waals surface area contributed by atoms with Crippen LogP contribution in [-0.4, -0.2) is 41.5 Å². The van der Waals surface area contributed by atoms with Crippen LogP contribution in [0.25, 0.3) is 0 Å². The van der Waals surface area contributed by atoms with Crippen LogP contribution in [0.15, 0.2) is 61.2 Å². The molecular weight excluding hydrogens is 398 g/mol. The first-order valence-corrected chi connectivity index (χ1v) is 10.2. The van der Waals surface area contributed by atoms with E-state index in [1.165, 1.54) is 4.90 Å². The largest absolute Gasteiger partial charge is 0.497 e. The minimum absolute atomic E-state index is 0.0621. The van der Waals surface area contributed by atoms with Crippen molar-refractivity contribution in [3.05, 3.63) is 66.7 Å². The average Bonchev–Trinajstić information content (AvgIpc) is 3.06. The maximum atomic E-state index is 13.2. The summed E-state index contributed by atoms with van der Waals surface area (Å²) in [6, 6.07) is 14.1. The third kappa shape index (κ3) is 4.52. The summed E-state index contributed by atoms with van der Waals surface area (Å²) in [5.74, 6) is 0.205. The van der Waals surface area contributed by atoms with Gasteiger partial charge in [-0.05, 0) is 60.6 Å². The first-order valence-electron chi connectivity index (χ1n) is 9.76. The number of amides is 2. The second kappa shape index (κ2) is 9.54. The van der Waals surface area contributed by atoms with E-state index >= 15 is 0 Å². The average molecular weight is 424 g/mol. The molecule has 156 valence electrons. The predicted molar refractivity (Wildman–Crippen MR) is 123 cm³/mol. The molecule has 1 atom stereocenters. The van der Waals surface area contributed by atoms with Gasteiger partial charge in [0.2, 0.25) is 5.91 Å². The van der Waals surface area contributed by atoms with Gasteiger partial charge in [-0.1, -0.05) is 25.1 Å². The number of imide groups is 1. The van der Waals surface area contributed by atoms with Gasteiger partial charge in [0.25, 0.3) is 5.91 Å². The van der Waals surface area contributed by atoms with E-state index in [9.17, 15) is 9.59 Å². The molecule has 0 aliphatic carbocycles. The summed E-state index contributed by atoms with van der Waals surface area (Å²) in [6.07, 6.45) is 2.62. The van der Waals surface area contributed by atoms with Gasteiger partial charge < -0.3 is 15.0 Å². The lowest BCUT2D eigenvalue weighted by molar-refractivity contribution is -0.122. The highest BCUT2D eigenvalue weighted by Gasteiger charge is 2.43. The third-order valence-corrected chi connectivity index (χ3v) is 5.37. The number of hydrogen-bond donors (Lipinski definition) is 1. The van der Waals surface area contributed by atoms with E-state index in [1.807, 2.05) is 48.5 Å². The summed E-state index contributed by atoms with van der Waals surface area (Å²) in [4.78, 5) is 28.8. The highest BCUT2D eigenvalue weighted by molar-refractivity contribution is 7.80. The van der Waals surface area contributed by atoms with E-state index in [2.05, 4.69) is 18.8 Å². The molecular formula is C23H25N3O3S. The summed E-state index contributed by atoms with van der Waals surface area (Å²) in [7, 11) is 1.60. The Morgan fingerprint density at radius 3 is 2.47 bits per heavy atom. The monoisotopic (exact) mass is 423 g/mol. The Labute approximate surface area is 182 Å². The third-order valence-electron chi connectivity index (χ3n) is 5.03. The van der Waals surface area contributed by atoms with Gasteiger partial charge in [-0.3, -0.25) is 9.59 Å². The minimum Gasteiger partial charge on any atom is -0.497 e. The number of benzene rings is 2. The number of hydrogen-bond acceptors (Lipinski definition) is 4. The van der Waals surface area contributed by atoms with Crippen LogP contribution in [0.5, 0.6) is 5.75 Å². The van der Waals surface area contributed by atoms with E-state index in [-0.39, 0.29) is 18.2 Å². The quantitative estimate of drug-likeness (QED) is 0.416. The van der Waals surface area contributed by atoms with Crippen molar-refractivity contribution in [2.45, 2.75) is 25.8 Å². The van der Waals surface area contributed by atoms with E-state index in [4.69, 9.17) is 17.0 Å². The number of nitrogens with zero attached hydrogens (tertiary/aromatic N) is 2. The molecule has 1 heterocycles. The highest BCUT2D eigenvalue weighted by atomic mass is 32.1. The van der Waals surface area contributed by atoms with E-state index in [0.717, 1.165) is 23.4 Å². The summed E-state index contributed by atoms with van der Waals surface area (Å²) in [5.41, 5.74) is 2.49. The predicted octanol–water partition coefficient (Wildman–Crippen LogP) is 3.77. The van der Waals surface area contributed by atoms with Gasteiger partial charge in [0.05, 0.1) is 19.2 Å². The molecule has 2 aromatic carbocycles. The maximum absolute atomic E-state index is 13.2. The summed E-state index contributed by atoms with van der Waals surface area (Å²) >= 11 is 5.55. The smallest absolute Gasteiger partial charge is 0.257 e. The van der Waals surface area contributed by atoms with Crippen LogP contribution >= 0.6 is 12.2 Å². The molecule has 0 radical (unpaired) electrons. The second-order valence-corrected chi connectivity index (χ2v) is 7.29. The molecule has 3 rings (SSSR count). The number of rotatable bonds is 7. The zero-order valence-electron chi connectivity index (χ0n) is 17.1. The van der Waals surface area contributed by atoms with Crippen molar-refractivity contribution in [3.63, 3.8) is 0 Å². The summed E-state index contributed by atoms with van der Waals surface area (Å²) < 4.78 is 5.16. The molecule has 0 aromatic heterocycles. The molecule has 7 heteroatoms. The molecule has 0 saturated carbocycles. The zero-order chi connectivity index (χ0) is 21.7. The van der Waals surface area contributed by atoms with Gasteiger partial charge >= 0.3 is 0 Å². The standard InChI is InChI=1S/C23H25N3O3S/c1-4-14-25(23(30)24-17-8-12-19(29-3)13-9-17)20-15-21(27)26(22(20)28)18-10-6-16(5-2)7-11-18/h4,6-13,20H,1,5,14-15H2,2-3H3,(H,24,30)/t20-/m1/s1. The first-order chi connectivity index (χ1) is 14.5. The molecule has 2 aromatic rings. The van der Waals surface area contributed by atoms with E-state index in [0.29, 0.717) is 17.3 Å². The van der Waals surface area contributed by atoms with Gasteiger partial charge in [0.1, 0.15) is 11.8 Å². The fourth-order valence-corrected chi connectivity index (χ4v) is 3.69. The summed E-state index contributed by atoms with van der Waals surface area (Å²) in [6.45, 7) is 6.17. The Hall–Kier alpha value is -3.19. The van der Waals surface area contributed by atoms with Crippen molar-refractivity contribution < 1.29 is 14.3 Å². The first kappa shape index (κ1) is 21.5. The Morgan fingerprint density at radius 2 is 1.90 bits per heavy atom. The molecule has 1 aliphatic rings. The van der Waals surface area contributed by atoms with Crippen molar-refractivity contribution in [2.75, 3.05) is 23.9 Å². The molecule has 1 N–H and O–H groups in total. The fourth-order valence-electron chi connectivity index (χ4n) is 3.37. The fraction of sp³-hybridized carbons (Fsp3) is 0.261. The van der Waals surface area contributed by atoms with Crippen molar-refractivity contribution in [1.82, 2.24) is 4.90 Å². The highest BCUT2D eigenvalue weighted by Crippen LogP contribution is 2.27. The van der Waals surface area contributed by atoms with Crippen LogP contribution < -0.4 is 15.0 Å². The second-order valence-electron chi connectivity index (χ2n) is 6.91. The molecule has 1 fully saturated rings. The summed E-state index contributed by atoms with van der Waals surface area (Å²) in [5, 5.41) is 3.49. The number of carbonyl (C=O) groups excluding carboxylic acids is 2. The van der Waals surface area contributed by atoms with Crippen molar-refractivity contribution in [2.24, 2.45) is 0 Å². The van der Waals surface area contributed by atoms with Crippen molar-refractivity contribution >= 4 is 40.5 Å². The van der Waals surface area contributed by atoms with Gasteiger partial charge in [-0.25, -0.2) is 4.90 Å². The number of methoxy groups -OCH3 is 1. The van der Waals surface area contributed by atoms with Crippen LogP contribution in [-0.2, 0) is 16.0 Å². The Balaban J connectivity index is 1.79. The minimum atomic E-state index is -0.681. The number of carbonyl (C=O) groups is 2. The number of nitrogens with one attached hydrogen (secondary N) is 1. The molecule has 0 unspecified atom stereocenters. The molecule has 0 bridgehead atoms. The topological polar surface area (TPSA) is 61.9 Å². The molecule has 2 amide bonds. The number of anilines is 2. The molecule has 6 nitrogen and oxygen atoms in total. The van der Waals surface area contributed by atoms with Crippen LogP contribution in [0.2, 0.25) is 0 Å². The van der Waals surface area contributed by atoms with Crippen LogP contribution in [0.1, 0.15) is 18.9 Å². The Morgan fingerprint density at radius 1 is 1.23 bits per heavy atom. The van der Waals surface area contributed by atoms with Gasteiger partial charge in [0, 0.05) is 12.2 Å². The normalized spacial score (nSPS) is 15.8. The Bertz CT molecular complexity index is 941. The Kier molecular flexibility index (Phi) is 6.84. The number of aryl methyl sites for hydroxylation is 1. The number of ether oxygens (including phenoxy) is 1. The van der Waals surface area contributed by atoms with Gasteiger partial charge in [-0.2, -0.15) is 0 Å². The van der Waals surface area contributed by atoms with Crippen molar-refractivity contribution in [1.29, 1.82) is 0 Å². The molecule has 0 spiro atoms. The molecule has 1 aliphatic heterocycles. The van der Waals surface area contributed by atoms with Crippen molar-refractivity contribution in [3.8, 4) is 5.75 Å². The lowest BCUT2D eigenvalue weighted by Crippen LogP contribution is -2.47. The number of thiocarbonyl (C=S) groups is 1. The molecule has 30 heavy (non-hydrogen) atoms. The van der Waals surface area contributed by atoms with Gasteiger partial charge in [-0.15, -0.1) is 6.58 Å².